The molecule has 0 aliphatic rings. The van der Waals surface area contributed by atoms with Crippen LogP contribution in [0.25, 0.3) is 0 Å². The third kappa shape index (κ3) is 61.0. The van der Waals surface area contributed by atoms with Crippen LogP contribution in [0.2, 0.25) is 0 Å². The first-order valence-corrected chi connectivity index (χ1v) is 33.1. The Balaban J connectivity index is 3.84. The lowest BCUT2D eigenvalue weighted by Crippen LogP contribution is -2.44. The lowest BCUT2D eigenvalue weighted by Gasteiger charge is -2.26. The summed E-state index contributed by atoms with van der Waals surface area (Å²) in [5.74, 6) is -2.28. The quantitative estimate of drug-likeness (QED) is 0.0195. The Bertz CT molecular complexity index is 1360. The van der Waals surface area contributed by atoms with Crippen molar-refractivity contribution in [3.05, 3.63) is 36.5 Å². The summed E-state index contributed by atoms with van der Waals surface area (Å²) in [6.07, 6.45) is 71.2. The fraction of sp³-hybridized carbons (Fsp3) is 0.868. The number of likely N-dealkylation sites (N-methyl/N-ethyl adjacent to an activating group) is 1. The second kappa shape index (κ2) is 59.6. The molecule has 0 fully saturated rings. The molecule has 0 bridgehead atoms. The number of rotatable bonds is 62. The summed E-state index contributed by atoms with van der Waals surface area (Å²) in [6, 6.07) is 0. The Morgan fingerprint density at radius 1 is 0.390 bits per heavy atom. The average molecular weight is 1090 g/mol. The predicted molar refractivity (Wildman–Crippen MR) is 325 cm³/mol. The van der Waals surface area contributed by atoms with E-state index in [1.165, 1.54) is 225 Å². The number of carboxylic acids is 1. The fourth-order valence-electron chi connectivity index (χ4n) is 9.73. The zero-order valence-corrected chi connectivity index (χ0v) is 51.6. The molecule has 2 unspecified atom stereocenters. The lowest BCUT2D eigenvalue weighted by molar-refractivity contribution is -0.870. The number of nitrogens with zero attached hydrogens (tertiary/aromatic N) is 1. The summed E-state index contributed by atoms with van der Waals surface area (Å²) in [7, 11) is 5.92. The number of carboxylic acid groups (broad SMARTS) is 1. The Labute approximate surface area is 477 Å². The van der Waals surface area contributed by atoms with Gasteiger partial charge >= 0.3 is 11.9 Å². The van der Waals surface area contributed by atoms with Gasteiger partial charge in [-0.3, -0.25) is 9.59 Å². The van der Waals surface area contributed by atoms with E-state index < -0.39 is 24.3 Å². The summed E-state index contributed by atoms with van der Waals surface area (Å²) in [5, 5.41) is 11.8. The summed E-state index contributed by atoms with van der Waals surface area (Å²) >= 11 is 0. The molecule has 0 aliphatic carbocycles. The zero-order valence-electron chi connectivity index (χ0n) is 51.6. The summed E-state index contributed by atoms with van der Waals surface area (Å²) < 4.78 is 22.7. The molecule has 0 aromatic heterocycles. The molecule has 0 heterocycles. The molecule has 0 rings (SSSR count). The molecule has 9 heteroatoms. The van der Waals surface area contributed by atoms with Gasteiger partial charge in [0.25, 0.3) is 0 Å². The van der Waals surface area contributed by atoms with Crippen LogP contribution in [0.4, 0.5) is 0 Å². The molecule has 0 aromatic rings. The first-order chi connectivity index (χ1) is 37.6. The Kier molecular flexibility index (Phi) is 57.7. The van der Waals surface area contributed by atoms with E-state index in [1.807, 2.05) is 21.1 Å². The molecule has 77 heavy (non-hydrogen) atoms. The van der Waals surface area contributed by atoms with Crippen molar-refractivity contribution in [2.24, 2.45) is 0 Å². The number of hydrogen-bond acceptors (Lipinski definition) is 8. The minimum atomic E-state index is -1.62. The molecule has 0 N–H and O–H groups in total. The number of esters is 2. The van der Waals surface area contributed by atoms with E-state index >= 15 is 0 Å². The van der Waals surface area contributed by atoms with Crippen molar-refractivity contribution in [1.29, 1.82) is 0 Å². The van der Waals surface area contributed by atoms with E-state index in [4.69, 9.17) is 18.9 Å². The SMILES string of the molecule is CCCC/C=C\CCCCCCCC(=O)OCC(COC(OCC[N+](C)(C)C)C(=O)[O-])OC(=O)CCCCCCCCCCCCCCCCCCCCCCCCCCCCCCC/C=C\C/C=C\CCCCCCC. The minimum Gasteiger partial charge on any atom is -0.545 e. The van der Waals surface area contributed by atoms with Crippen molar-refractivity contribution in [2.45, 2.75) is 334 Å². The molecule has 0 spiro atoms. The minimum absolute atomic E-state index is 0.149. The van der Waals surface area contributed by atoms with Gasteiger partial charge in [-0.2, -0.15) is 0 Å². The Morgan fingerprint density at radius 2 is 0.714 bits per heavy atom. The highest BCUT2D eigenvalue weighted by Crippen LogP contribution is 2.18. The van der Waals surface area contributed by atoms with Crippen LogP contribution in [0.3, 0.4) is 0 Å². The molecule has 0 saturated carbocycles. The van der Waals surface area contributed by atoms with Gasteiger partial charge in [0.2, 0.25) is 0 Å². The molecule has 0 aromatic carbocycles. The maximum absolute atomic E-state index is 12.9. The molecule has 0 saturated heterocycles. The van der Waals surface area contributed by atoms with Crippen molar-refractivity contribution in [2.75, 3.05) is 47.5 Å². The van der Waals surface area contributed by atoms with Crippen LogP contribution < -0.4 is 5.11 Å². The standard InChI is InChI=1S/C68H127NO8/c1-6-8-10-12-14-16-18-19-20-21-22-23-24-25-26-27-28-29-30-31-32-33-34-35-36-37-38-39-40-41-42-43-44-45-46-47-49-51-53-55-57-59-66(71)77-64(63-76-68(67(72)73)74-61-60-69(3,4)5)62-75-65(70)58-56-54-52-50-48-17-15-13-11-9-7-2/h13,15,18-19,21-22,64,68H,6-12,14,16-17,20,23-63H2,1-5H3/b15-13-,19-18-,22-21-. The number of carbonyl (C=O) groups is 3. The van der Waals surface area contributed by atoms with E-state index in [-0.39, 0.29) is 38.6 Å². The van der Waals surface area contributed by atoms with E-state index in [9.17, 15) is 19.5 Å². The highest BCUT2D eigenvalue weighted by molar-refractivity contribution is 5.70. The van der Waals surface area contributed by atoms with Crippen molar-refractivity contribution in [3.63, 3.8) is 0 Å². The average Bonchev–Trinajstić information content (AvgIpc) is 3.40. The zero-order chi connectivity index (χ0) is 56.2. The summed E-state index contributed by atoms with van der Waals surface area (Å²) in [6.45, 7) is 4.72. The smallest absolute Gasteiger partial charge is 0.306 e. The van der Waals surface area contributed by atoms with Crippen LogP contribution >= 0.6 is 0 Å². The van der Waals surface area contributed by atoms with E-state index in [0.717, 1.165) is 70.6 Å². The first-order valence-electron chi connectivity index (χ1n) is 33.1. The van der Waals surface area contributed by atoms with E-state index in [1.54, 1.807) is 0 Å². The maximum atomic E-state index is 12.9. The third-order valence-corrected chi connectivity index (χ3v) is 14.9. The van der Waals surface area contributed by atoms with Crippen molar-refractivity contribution >= 4 is 17.9 Å². The topological polar surface area (TPSA) is 111 Å². The molecule has 0 radical (unpaired) electrons. The highest BCUT2D eigenvalue weighted by atomic mass is 16.7. The maximum Gasteiger partial charge on any atom is 0.306 e. The van der Waals surface area contributed by atoms with Crippen molar-refractivity contribution < 1.29 is 42.9 Å². The van der Waals surface area contributed by atoms with Gasteiger partial charge in [0, 0.05) is 12.8 Å². The Hall–Kier alpha value is -2.49. The summed E-state index contributed by atoms with van der Waals surface area (Å²) in [5.41, 5.74) is 0. The monoisotopic (exact) mass is 1090 g/mol. The molecule has 0 amide bonds. The van der Waals surface area contributed by atoms with Crippen molar-refractivity contribution in [3.8, 4) is 0 Å². The number of unbranched alkanes of at least 4 members (excludes halogenated alkanes) is 41. The Morgan fingerprint density at radius 3 is 1.08 bits per heavy atom. The second-order valence-corrected chi connectivity index (χ2v) is 23.8. The molecule has 452 valence electrons. The van der Waals surface area contributed by atoms with Crippen molar-refractivity contribution in [1.82, 2.24) is 0 Å². The molecular weight excluding hydrogens is 959 g/mol. The van der Waals surface area contributed by atoms with Gasteiger partial charge in [0.05, 0.1) is 40.3 Å². The van der Waals surface area contributed by atoms with Gasteiger partial charge in [-0.05, 0) is 64.2 Å². The van der Waals surface area contributed by atoms with Gasteiger partial charge in [0.15, 0.2) is 12.4 Å². The number of allylic oxidation sites excluding steroid dienone is 6. The lowest BCUT2D eigenvalue weighted by atomic mass is 10.0. The number of hydrogen-bond donors (Lipinski definition) is 0. The van der Waals surface area contributed by atoms with E-state index in [2.05, 4.69) is 50.3 Å². The van der Waals surface area contributed by atoms with Crippen LogP contribution in [-0.2, 0) is 33.3 Å². The fourth-order valence-corrected chi connectivity index (χ4v) is 9.73. The van der Waals surface area contributed by atoms with Gasteiger partial charge in [-0.25, -0.2) is 0 Å². The first kappa shape index (κ1) is 74.5. The molecule has 0 aliphatic heterocycles. The molecular formula is C68H127NO8. The highest BCUT2D eigenvalue weighted by Gasteiger charge is 2.22. The van der Waals surface area contributed by atoms with Gasteiger partial charge in [-0.1, -0.05) is 281 Å². The normalized spacial score (nSPS) is 12.9. The van der Waals surface area contributed by atoms with Gasteiger partial charge < -0.3 is 33.3 Å². The molecule has 9 nitrogen and oxygen atoms in total. The van der Waals surface area contributed by atoms with E-state index in [0.29, 0.717) is 11.0 Å². The van der Waals surface area contributed by atoms with Crippen LogP contribution in [0.15, 0.2) is 36.5 Å². The summed E-state index contributed by atoms with van der Waals surface area (Å²) in [4.78, 5) is 37.2. The van der Waals surface area contributed by atoms with Crippen LogP contribution in [0.5, 0.6) is 0 Å². The molecule has 2 atom stereocenters. The van der Waals surface area contributed by atoms with Crippen LogP contribution in [-0.4, -0.2) is 82.3 Å². The number of ether oxygens (including phenoxy) is 4. The largest absolute Gasteiger partial charge is 0.545 e. The van der Waals surface area contributed by atoms with Crippen LogP contribution in [0, 0.1) is 0 Å². The number of quaternary nitrogens is 1. The van der Waals surface area contributed by atoms with Gasteiger partial charge in [0.1, 0.15) is 13.2 Å². The van der Waals surface area contributed by atoms with Crippen LogP contribution in [0.1, 0.15) is 322 Å². The third-order valence-electron chi connectivity index (χ3n) is 14.9. The second-order valence-electron chi connectivity index (χ2n) is 23.8. The predicted octanol–water partition coefficient (Wildman–Crippen LogP) is 18.7. The number of aliphatic carboxylic acids is 1. The number of carbonyl (C=O) groups excluding carboxylic acids is 3. The van der Waals surface area contributed by atoms with Gasteiger partial charge in [-0.15, -0.1) is 0 Å².